The highest BCUT2D eigenvalue weighted by molar-refractivity contribution is 7.08. The van der Waals surface area contributed by atoms with E-state index in [4.69, 9.17) is 0 Å². The molecule has 1 fully saturated rings. The summed E-state index contributed by atoms with van der Waals surface area (Å²) in [7, 11) is 0. The van der Waals surface area contributed by atoms with E-state index in [0.717, 1.165) is 57.3 Å². The lowest BCUT2D eigenvalue weighted by atomic mass is 10.2. The molecular formula is C20H28N6O2S. The summed E-state index contributed by atoms with van der Waals surface area (Å²) in [4.78, 5) is 28.6. The maximum atomic E-state index is 12.5. The molecule has 4 rings (SSSR count). The molecule has 0 aliphatic carbocycles. The number of carbonyl (C=O) groups excluding carboxylic acids is 2. The average Bonchev–Trinajstić information content (AvgIpc) is 3.34. The number of fused-ring (bicyclic) bond motifs is 1. The van der Waals surface area contributed by atoms with Crippen LogP contribution in [0.1, 0.15) is 47.7 Å². The van der Waals surface area contributed by atoms with Gasteiger partial charge in [-0.25, -0.2) is 0 Å². The Labute approximate surface area is 174 Å². The monoisotopic (exact) mass is 416 g/mol. The van der Waals surface area contributed by atoms with Crippen molar-refractivity contribution < 1.29 is 9.59 Å². The van der Waals surface area contributed by atoms with E-state index in [9.17, 15) is 9.59 Å². The van der Waals surface area contributed by atoms with Crippen molar-refractivity contribution in [2.24, 2.45) is 0 Å². The first-order valence-corrected chi connectivity index (χ1v) is 11.4. The van der Waals surface area contributed by atoms with E-state index in [-0.39, 0.29) is 11.8 Å². The maximum absolute atomic E-state index is 12.5. The van der Waals surface area contributed by atoms with Gasteiger partial charge in [0.15, 0.2) is 0 Å². The summed E-state index contributed by atoms with van der Waals surface area (Å²) in [5.74, 6) is 2.16. The van der Waals surface area contributed by atoms with E-state index < -0.39 is 0 Å². The quantitative estimate of drug-likeness (QED) is 0.772. The minimum Gasteiger partial charge on any atom is -0.351 e. The molecule has 8 nitrogen and oxygen atoms in total. The summed E-state index contributed by atoms with van der Waals surface area (Å²) in [5.41, 5.74) is 0.655. The summed E-state index contributed by atoms with van der Waals surface area (Å²) in [6.07, 6.45) is 5.03. The molecule has 2 aromatic heterocycles. The smallest absolute Gasteiger partial charge is 0.252 e. The zero-order valence-corrected chi connectivity index (χ0v) is 17.5. The van der Waals surface area contributed by atoms with Gasteiger partial charge in [0.25, 0.3) is 5.91 Å². The highest BCUT2D eigenvalue weighted by atomic mass is 32.1. The van der Waals surface area contributed by atoms with Crippen molar-refractivity contribution in [3.05, 3.63) is 34.0 Å². The Bertz CT molecular complexity index is 826. The van der Waals surface area contributed by atoms with Crippen LogP contribution in [0.4, 0.5) is 0 Å². The number of aromatic nitrogens is 3. The summed E-state index contributed by atoms with van der Waals surface area (Å²) in [6.45, 7) is 5.32. The van der Waals surface area contributed by atoms with Crippen molar-refractivity contribution in [1.29, 1.82) is 0 Å². The van der Waals surface area contributed by atoms with Crippen molar-refractivity contribution in [1.82, 2.24) is 29.9 Å². The van der Waals surface area contributed by atoms with Crippen LogP contribution in [0.25, 0.3) is 0 Å². The number of nitrogens with one attached hydrogen (secondary N) is 1. The van der Waals surface area contributed by atoms with E-state index in [1.807, 2.05) is 15.7 Å². The number of aryl methyl sites for hydroxylation is 1. The topological polar surface area (TPSA) is 83.4 Å². The molecule has 0 aromatic carbocycles. The predicted octanol–water partition coefficient (Wildman–Crippen LogP) is 1.53. The van der Waals surface area contributed by atoms with Crippen LogP contribution in [-0.4, -0.2) is 69.1 Å². The van der Waals surface area contributed by atoms with Gasteiger partial charge < -0.3 is 14.8 Å². The molecule has 4 heterocycles. The van der Waals surface area contributed by atoms with Gasteiger partial charge in [-0.05, 0) is 24.3 Å². The van der Waals surface area contributed by atoms with Crippen molar-refractivity contribution in [2.75, 3.05) is 32.7 Å². The van der Waals surface area contributed by atoms with Crippen LogP contribution < -0.4 is 5.32 Å². The number of amides is 2. The van der Waals surface area contributed by atoms with Crippen molar-refractivity contribution in [3.8, 4) is 0 Å². The highest BCUT2D eigenvalue weighted by Gasteiger charge is 2.23. The normalized spacial score (nSPS) is 17.6. The Morgan fingerprint density at radius 1 is 1.07 bits per heavy atom. The fourth-order valence-corrected chi connectivity index (χ4v) is 4.59. The molecular weight excluding hydrogens is 388 g/mol. The number of hydrogen-bond acceptors (Lipinski definition) is 6. The lowest BCUT2D eigenvalue weighted by molar-refractivity contribution is -0.132. The Hall–Kier alpha value is -2.26. The molecule has 2 aliphatic rings. The average molecular weight is 417 g/mol. The number of piperazine rings is 1. The number of carbonyl (C=O) groups is 2. The van der Waals surface area contributed by atoms with Gasteiger partial charge in [0.05, 0.1) is 6.54 Å². The van der Waals surface area contributed by atoms with Crippen molar-refractivity contribution >= 4 is 23.2 Å². The number of thiophene rings is 1. The van der Waals surface area contributed by atoms with Gasteiger partial charge in [-0.2, -0.15) is 11.3 Å². The first-order chi connectivity index (χ1) is 14.2. The van der Waals surface area contributed by atoms with Gasteiger partial charge in [-0.1, -0.05) is 6.42 Å². The van der Waals surface area contributed by atoms with Crippen molar-refractivity contribution in [2.45, 2.75) is 45.2 Å². The van der Waals surface area contributed by atoms with Crippen LogP contribution >= 0.6 is 11.3 Å². The van der Waals surface area contributed by atoms with Crippen LogP contribution in [0.2, 0.25) is 0 Å². The van der Waals surface area contributed by atoms with Crippen LogP contribution in [0.5, 0.6) is 0 Å². The lowest BCUT2D eigenvalue weighted by Crippen LogP contribution is -2.49. The summed E-state index contributed by atoms with van der Waals surface area (Å²) in [6, 6.07) is 1.79. The molecule has 2 aromatic rings. The molecule has 2 aliphatic heterocycles. The van der Waals surface area contributed by atoms with E-state index in [0.29, 0.717) is 18.5 Å². The van der Waals surface area contributed by atoms with Crippen LogP contribution in [0.15, 0.2) is 16.8 Å². The molecule has 0 bridgehead atoms. The Morgan fingerprint density at radius 2 is 1.93 bits per heavy atom. The SMILES string of the molecule is O=C(NCCC(=O)N1CCN(Cc2nnc3n2CCCCC3)CC1)c1ccsc1. The lowest BCUT2D eigenvalue weighted by Gasteiger charge is -2.34. The van der Waals surface area contributed by atoms with E-state index in [2.05, 4.69) is 25.0 Å². The third-order valence-electron chi connectivity index (χ3n) is 5.68. The molecule has 0 saturated carbocycles. The van der Waals surface area contributed by atoms with Gasteiger partial charge in [-0.3, -0.25) is 14.5 Å². The fraction of sp³-hybridized carbons (Fsp3) is 0.600. The second-order valence-corrected chi connectivity index (χ2v) is 8.45. The molecule has 0 unspecified atom stereocenters. The predicted molar refractivity (Wildman–Crippen MR) is 111 cm³/mol. The summed E-state index contributed by atoms with van der Waals surface area (Å²) < 4.78 is 2.29. The Balaban J connectivity index is 1.20. The fourth-order valence-electron chi connectivity index (χ4n) is 3.95. The van der Waals surface area contributed by atoms with Crippen LogP contribution in [0, 0.1) is 0 Å². The van der Waals surface area contributed by atoms with Crippen LogP contribution in [-0.2, 0) is 24.3 Å². The number of rotatable bonds is 6. The van der Waals surface area contributed by atoms with Gasteiger partial charge in [0, 0.05) is 63.1 Å². The van der Waals surface area contributed by atoms with E-state index in [1.54, 1.807) is 6.07 Å². The van der Waals surface area contributed by atoms with Gasteiger partial charge in [-0.15, -0.1) is 10.2 Å². The van der Waals surface area contributed by atoms with Crippen LogP contribution in [0.3, 0.4) is 0 Å². The zero-order valence-electron chi connectivity index (χ0n) is 16.7. The Morgan fingerprint density at radius 3 is 2.72 bits per heavy atom. The molecule has 9 heteroatoms. The van der Waals surface area contributed by atoms with E-state index in [1.165, 1.54) is 30.6 Å². The standard InChI is InChI=1S/C20H28N6O2S/c27-19(5-7-21-20(28)16-6-13-29-15-16)25-11-9-24(10-12-25)14-18-23-22-17-4-2-1-3-8-26(17)18/h6,13,15H,1-5,7-12,14H2,(H,21,28). The minimum absolute atomic E-state index is 0.103. The Kier molecular flexibility index (Phi) is 6.56. The molecule has 156 valence electrons. The second-order valence-electron chi connectivity index (χ2n) is 7.67. The molecule has 0 radical (unpaired) electrons. The third-order valence-corrected chi connectivity index (χ3v) is 6.37. The maximum Gasteiger partial charge on any atom is 0.252 e. The molecule has 2 amide bonds. The van der Waals surface area contributed by atoms with Gasteiger partial charge in [0.2, 0.25) is 5.91 Å². The molecule has 0 spiro atoms. The first-order valence-electron chi connectivity index (χ1n) is 10.4. The highest BCUT2D eigenvalue weighted by Crippen LogP contribution is 2.16. The van der Waals surface area contributed by atoms with Gasteiger partial charge >= 0.3 is 0 Å². The molecule has 1 saturated heterocycles. The zero-order chi connectivity index (χ0) is 20.1. The molecule has 1 N–H and O–H groups in total. The number of nitrogens with zero attached hydrogens (tertiary/aromatic N) is 5. The van der Waals surface area contributed by atoms with E-state index >= 15 is 0 Å². The molecule has 0 atom stereocenters. The first kappa shape index (κ1) is 20.0. The summed E-state index contributed by atoms with van der Waals surface area (Å²) in [5, 5.41) is 15.3. The minimum atomic E-state index is -0.115. The number of hydrogen-bond donors (Lipinski definition) is 1. The van der Waals surface area contributed by atoms with Crippen molar-refractivity contribution in [3.63, 3.8) is 0 Å². The van der Waals surface area contributed by atoms with Gasteiger partial charge in [0.1, 0.15) is 11.6 Å². The largest absolute Gasteiger partial charge is 0.351 e. The third kappa shape index (κ3) is 5.02. The molecule has 29 heavy (non-hydrogen) atoms. The second kappa shape index (κ2) is 9.49. The summed E-state index contributed by atoms with van der Waals surface area (Å²) >= 11 is 1.49.